The topological polar surface area (TPSA) is 107 Å². The largest absolute Gasteiger partial charge is 1.00 e. The van der Waals surface area contributed by atoms with Gasteiger partial charge < -0.3 is 16.3 Å². The Hall–Kier alpha value is 0.580. The van der Waals surface area contributed by atoms with Crippen LogP contribution in [0.15, 0.2) is 0 Å². The van der Waals surface area contributed by atoms with Crippen molar-refractivity contribution in [2.75, 3.05) is 12.8 Å². The van der Waals surface area contributed by atoms with Gasteiger partial charge >= 0.3 is 43.1 Å². The fraction of sp³-hybridized carbons (Fsp3) is 0.667. The molecule has 0 heterocycles. The molecule has 0 rings (SSSR count). The van der Waals surface area contributed by atoms with Crippen LogP contribution >= 0.6 is 7.60 Å². The van der Waals surface area contributed by atoms with Crippen molar-refractivity contribution < 1.29 is 55.2 Å². The zero-order valence-corrected chi connectivity index (χ0v) is 8.91. The Bertz CT molecular complexity index is 172. The number of aliphatic carboxylic acids is 1. The molecule has 0 aliphatic heterocycles. The molecule has 11 heavy (non-hydrogen) atoms. The minimum atomic E-state index is -4.10. The summed E-state index contributed by atoms with van der Waals surface area (Å²) in [7, 11) is -4.10. The molecule has 0 unspecified atom stereocenters. The second-order valence-corrected chi connectivity index (χ2v) is 3.29. The predicted octanol–water partition coefficient (Wildman–Crippen LogP) is -4.09. The van der Waals surface area contributed by atoms with Crippen LogP contribution in [0.1, 0.15) is 1.43 Å². The van der Waals surface area contributed by atoms with E-state index < -0.39 is 26.4 Å². The van der Waals surface area contributed by atoms with Crippen molar-refractivity contribution in [2.24, 2.45) is 0 Å². The van der Waals surface area contributed by atoms with Crippen molar-refractivity contribution in [3.05, 3.63) is 0 Å². The van der Waals surface area contributed by atoms with E-state index in [1.54, 1.807) is 0 Å². The monoisotopic (exact) mass is 193 g/mol. The number of nitrogens with one attached hydrogen (secondary N) is 1. The zero-order chi connectivity index (χ0) is 8.20. The molecule has 0 amide bonds. The van der Waals surface area contributed by atoms with Crippen LogP contribution in [0, 0.1) is 0 Å². The van der Waals surface area contributed by atoms with Gasteiger partial charge in [0.2, 0.25) is 0 Å². The molecule has 0 aliphatic rings. The normalized spacial score (nSPS) is 10.4. The average Bonchev–Trinajstić information content (AvgIpc) is 1.59. The second kappa shape index (κ2) is 6.14. The number of hydrogen-bond acceptors (Lipinski definition) is 3. The maximum absolute atomic E-state index is 10.1. The first kappa shape index (κ1) is 14.1. The number of hydrogen-bond donors (Lipinski definition) is 4. The number of carboxylic acids is 1. The van der Waals surface area contributed by atoms with Crippen molar-refractivity contribution in [3.63, 3.8) is 0 Å². The zero-order valence-electron chi connectivity index (χ0n) is 7.02. The number of carboxylic acid groups (broad SMARTS) is 1. The fourth-order valence-electron chi connectivity index (χ4n) is 0.308. The summed E-state index contributed by atoms with van der Waals surface area (Å²) >= 11 is 0. The van der Waals surface area contributed by atoms with Crippen LogP contribution in [0.2, 0.25) is 0 Å². The third-order valence-corrected chi connectivity index (χ3v) is 1.23. The summed E-state index contributed by atoms with van der Waals surface area (Å²) in [5, 5.41) is 10.1. The molecule has 0 atom stereocenters. The molecule has 0 radical (unpaired) electrons. The van der Waals surface area contributed by atoms with E-state index in [0.29, 0.717) is 0 Å². The molecule has 0 saturated heterocycles. The summed E-state index contributed by atoms with van der Waals surface area (Å²) in [5.41, 5.74) is 0. The van der Waals surface area contributed by atoms with E-state index in [-0.39, 0.29) is 31.0 Å². The van der Waals surface area contributed by atoms with E-state index in [1.807, 2.05) is 0 Å². The van der Waals surface area contributed by atoms with Crippen molar-refractivity contribution >= 4 is 13.6 Å². The van der Waals surface area contributed by atoms with Gasteiger partial charge in [-0.2, -0.15) is 0 Å². The molecule has 0 aromatic carbocycles. The van der Waals surface area contributed by atoms with Gasteiger partial charge in [-0.1, -0.05) is 0 Å². The summed E-state index contributed by atoms with van der Waals surface area (Å²) in [4.78, 5) is 26.1. The van der Waals surface area contributed by atoms with E-state index in [0.717, 1.165) is 0 Å². The molecule has 0 fully saturated rings. The first-order chi connectivity index (χ1) is 4.42. The minimum absolute atomic E-state index is 0. The first-order valence-electron chi connectivity index (χ1n) is 2.39. The third kappa shape index (κ3) is 13.6. The van der Waals surface area contributed by atoms with Crippen molar-refractivity contribution in [1.29, 1.82) is 0 Å². The van der Waals surface area contributed by atoms with Crippen molar-refractivity contribution in [2.45, 2.75) is 0 Å². The van der Waals surface area contributed by atoms with E-state index in [1.165, 1.54) is 0 Å². The number of rotatable bonds is 4. The van der Waals surface area contributed by atoms with Gasteiger partial charge in [-0.25, -0.2) is 0 Å². The van der Waals surface area contributed by atoms with Gasteiger partial charge in [0.05, 0.1) is 12.8 Å². The van der Waals surface area contributed by atoms with Gasteiger partial charge in [-0.3, -0.25) is 14.7 Å². The van der Waals surface area contributed by atoms with Crippen LogP contribution in [0.3, 0.4) is 0 Å². The van der Waals surface area contributed by atoms with Crippen LogP contribution < -0.4 is 34.9 Å². The Morgan fingerprint density at radius 1 is 1.55 bits per heavy atom. The summed E-state index contributed by atoms with van der Waals surface area (Å²) in [6.45, 7) is -0.439. The standard InChI is InChI=1S/C3H8NO5P.Na.H/c5-3(6)1-4-2-10(7,8)9;;/h4H,1-2H2,(H,5,6)(H2,7,8,9);;/q;+1;-1. The summed E-state index contributed by atoms with van der Waals surface area (Å²) < 4.78 is 10.1. The van der Waals surface area contributed by atoms with Crippen LogP contribution in [0.4, 0.5) is 0 Å². The Balaban J connectivity index is -0.000000405. The first-order valence-corrected chi connectivity index (χ1v) is 4.18. The molecule has 4 N–H and O–H groups in total. The van der Waals surface area contributed by atoms with Crippen LogP contribution in [0.25, 0.3) is 0 Å². The Morgan fingerprint density at radius 3 is 2.27 bits per heavy atom. The van der Waals surface area contributed by atoms with E-state index in [9.17, 15) is 9.36 Å². The Kier molecular flexibility index (Phi) is 7.88. The number of carbonyl (C=O) groups is 1. The molecule has 0 aliphatic carbocycles. The SMILES string of the molecule is O=C(O)CNCP(=O)(O)O.[H-].[Na+]. The molecular weight excluding hydrogens is 184 g/mol. The molecular formula is C3H9NNaO5P. The maximum Gasteiger partial charge on any atom is 1.00 e. The molecule has 0 spiro atoms. The van der Waals surface area contributed by atoms with Crippen LogP contribution in [0.5, 0.6) is 0 Å². The van der Waals surface area contributed by atoms with E-state index in [2.05, 4.69) is 5.32 Å². The van der Waals surface area contributed by atoms with Gasteiger partial charge in [0, 0.05) is 0 Å². The molecule has 0 bridgehead atoms. The maximum atomic E-state index is 10.1. The van der Waals surface area contributed by atoms with Gasteiger partial charge in [0.25, 0.3) is 0 Å². The Labute approximate surface area is 86.9 Å². The molecule has 0 saturated carbocycles. The summed E-state index contributed by atoms with van der Waals surface area (Å²) in [6, 6.07) is 0. The Morgan fingerprint density at radius 2 is 2.00 bits per heavy atom. The summed E-state index contributed by atoms with van der Waals surface area (Å²) in [5.74, 6) is -1.14. The van der Waals surface area contributed by atoms with Gasteiger partial charge in [0.15, 0.2) is 0 Å². The van der Waals surface area contributed by atoms with Crippen molar-refractivity contribution in [3.8, 4) is 0 Å². The molecule has 62 valence electrons. The van der Waals surface area contributed by atoms with Crippen LogP contribution in [-0.2, 0) is 9.36 Å². The van der Waals surface area contributed by atoms with Gasteiger partial charge in [0.1, 0.15) is 0 Å². The van der Waals surface area contributed by atoms with E-state index in [4.69, 9.17) is 14.9 Å². The average molecular weight is 193 g/mol. The fourth-order valence-corrected chi connectivity index (χ4v) is 0.712. The smallest absolute Gasteiger partial charge is 1.00 e. The quantitative estimate of drug-likeness (QED) is 0.267. The second-order valence-electron chi connectivity index (χ2n) is 1.64. The molecule has 0 aromatic rings. The van der Waals surface area contributed by atoms with Crippen LogP contribution in [-0.4, -0.2) is 33.7 Å². The predicted molar refractivity (Wildman–Crippen MR) is 33.7 cm³/mol. The third-order valence-electron chi connectivity index (χ3n) is 0.594. The van der Waals surface area contributed by atoms with E-state index >= 15 is 0 Å². The van der Waals surface area contributed by atoms with Crippen molar-refractivity contribution in [1.82, 2.24) is 5.32 Å². The van der Waals surface area contributed by atoms with Gasteiger partial charge in [-0.05, 0) is 0 Å². The molecule has 6 nitrogen and oxygen atoms in total. The molecule has 0 aromatic heterocycles. The minimum Gasteiger partial charge on any atom is -1.00 e. The van der Waals surface area contributed by atoms with Gasteiger partial charge in [-0.15, -0.1) is 0 Å². The molecule has 8 heteroatoms. The summed E-state index contributed by atoms with van der Waals surface area (Å²) in [6.07, 6.45) is -0.598.